The number of aromatic nitrogens is 2. The molecule has 17 heavy (non-hydrogen) atoms. The number of aryl methyl sites for hydroxylation is 1. The zero-order valence-electron chi connectivity index (χ0n) is 8.90. The van der Waals surface area contributed by atoms with Crippen molar-refractivity contribution in [3.63, 3.8) is 0 Å². The molecule has 0 aliphatic carbocycles. The number of nitrogens with zero attached hydrogens (tertiary/aromatic N) is 2. The molecule has 2 rings (SSSR count). The van der Waals surface area contributed by atoms with Crippen LogP contribution in [0.4, 0.5) is 15.3 Å². The van der Waals surface area contributed by atoms with Crippen LogP contribution in [0.5, 0.6) is 0 Å². The van der Waals surface area contributed by atoms with E-state index in [-0.39, 0.29) is 11.4 Å². The molecule has 0 saturated heterocycles. The molecule has 3 N–H and O–H groups in total. The van der Waals surface area contributed by atoms with Crippen LogP contribution in [0, 0.1) is 12.7 Å². The Morgan fingerprint density at radius 2 is 2.35 bits per heavy atom. The van der Waals surface area contributed by atoms with Gasteiger partial charge in [0.05, 0.1) is 17.5 Å². The molecule has 0 unspecified atom stereocenters. The number of hydrogen-bond acceptors (Lipinski definition) is 5. The third kappa shape index (κ3) is 2.56. The summed E-state index contributed by atoms with van der Waals surface area (Å²) in [6.45, 7) is 1.81. The zero-order valence-corrected chi connectivity index (χ0v) is 9.71. The van der Waals surface area contributed by atoms with Gasteiger partial charge < -0.3 is 5.73 Å². The Morgan fingerprint density at radius 1 is 1.59 bits per heavy atom. The van der Waals surface area contributed by atoms with Crippen LogP contribution in [-0.2, 0) is 0 Å². The lowest BCUT2D eigenvalue weighted by Gasteiger charge is -2.04. The van der Waals surface area contributed by atoms with Gasteiger partial charge >= 0.3 is 0 Å². The van der Waals surface area contributed by atoms with Crippen molar-refractivity contribution < 1.29 is 9.18 Å². The highest BCUT2D eigenvalue weighted by Gasteiger charge is 2.13. The van der Waals surface area contributed by atoms with E-state index in [9.17, 15) is 9.18 Å². The van der Waals surface area contributed by atoms with Crippen LogP contribution in [0.1, 0.15) is 16.1 Å². The van der Waals surface area contributed by atoms with Crippen LogP contribution in [0.2, 0.25) is 0 Å². The van der Waals surface area contributed by atoms with Gasteiger partial charge in [0.1, 0.15) is 11.6 Å². The van der Waals surface area contributed by atoms with E-state index in [1.165, 1.54) is 11.3 Å². The summed E-state index contributed by atoms with van der Waals surface area (Å²) in [4.78, 5) is 19.4. The molecule has 0 aromatic carbocycles. The number of halogens is 1. The molecule has 2 heterocycles. The minimum atomic E-state index is -0.611. The fraction of sp³-hybridized carbons (Fsp3) is 0.100. The van der Waals surface area contributed by atoms with Crippen LogP contribution in [0.3, 0.4) is 0 Å². The fourth-order valence-corrected chi connectivity index (χ4v) is 1.89. The van der Waals surface area contributed by atoms with E-state index >= 15 is 0 Å². The van der Waals surface area contributed by atoms with Gasteiger partial charge in [0.25, 0.3) is 5.91 Å². The molecule has 2 aromatic rings. The fourth-order valence-electron chi connectivity index (χ4n) is 1.21. The van der Waals surface area contributed by atoms with Crippen LogP contribution in [0.15, 0.2) is 17.6 Å². The first-order valence-electron chi connectivity index (χ1n) is 4.71. The summed E-state index contributed by atoms with van der Waals surface area (Å²) in [6, 6.07) is 1.04. The number of anilines is 2. The second-order valence-corrected chi connectivity index (χ2v) is 4.19. The molecule has 0 bridgehead atoms. The van der Waals surface area contributed by atoms with E-state index < -0.39 is 11.7 Å². The summed E-state index contributed by atoms with van der Waals surface area (Å²) in [5.41, 5.74) is 6.29. The number of thiazole rings is 1. The van der Waals surface area contributed by atoms with Crippen molar-refractivity contribution in [1.82, 2.24) is 9.97 Å². The van der Waals surface area contributed by atoms with E-state index in [4.69, 9.17) is 5.73 Å². The summed E-state index contributed by atoms with van der Waals surface area (Å²) in [5.74, 6) is -1.15. The minimum absolute atomic E-state index is 0.00199. The molecule has 5 nitrogen and oxygen atoms in total. The van der Waals surface area contributed by atoms with E-state index in [1.807, 2.05) is 6.92 Å². The predicted molar refractivity (Wildman–Crippen MR) is 63.4 cm³/mol. The van der Waals surface area contributed by atoms with E-state index in [2.05, 4.69) is 15.3 Å². The number of amides is 1. The maximum atomic E-state index is 12.9. The average Bonchev–Trinajstić information content (AvgIpc) is 2.67. The first kappa shape index (κ1) is 11.5. The van der Waals surface area contributed by atoms with Crippen molar-refractivity contribution in [2.24, 2.45) is 0 Å². The molecule has 0 fully saturated rings. The largest absolute Gasteiger partial charge is 0.383 e. The number of nitrogen functional groups attached to an aromatic ring is 1. The Balaban J connectivity index is 2.22. The second kappa shape index (κ2) is 4.46. The number of nitrogens with two attached hydrogens (primary N) is 1. The summed E-state index contributed by atoms with van der Waals surface area (Å²) in [6.07, 6.45) is 0.958. The first-order chi connectivity index (χ1) is 8.06. The normalized spacial score (nSPS) is 10.2. The lowest BCUT2D eigenvalue weighted by atomic mass is 10.2. The standard InChI is InChI=1S/C10H9FN4OS/c1-5-4-17-10(14-5)15-9(16)7-2-6(11)3-13-8(7)12/h2-4H,1H3,(H2,12,13)(H,14,15,16). The molecule has 2 aromatic heterocycles. The summed E-state index contributed by atoms with van der Waals surface area (Å²) >= 11 is 1.28. The maximum Gasteiger partial charge on any atom is 0.261 e. The smallest absolute Gasteiger partial charge is 0.261 e. The highest BCUT2D eigenvalue weighted by atomic mass is 32.1. The Kier molecular flexibility index (Phi) is 3.01. The Hall–Kier alpha value is -2.02. The summed E-state index contributed by atoms with van der Waals surface area (Å²) in [7, 11) is 0. The van der Waals surface area contributed by atoms with Crippen LogP contribution in [0.25, 0.3) is 0 Å². The number of pyridine rings is 1. The van der Waals surface area contributed by atoms with Gasteiger partial charge in [-0.05, 0) is 13.0 Å². The molecule has 0 radical (unpaired) electrons. The third-order valence-electron chi connectivity index (χ3n) is 1.97. The highest BCUT2D eigenvalue weighted by molar-refractivity contribution is 7.13. The number of carbonyl (C=O) groups is 1. The Bertz CT molecular complexity index is 569. The Morgan fingerprint density at radius 3 is 3.00 bits per heavy atom. The van der Waals surface area contributed by atoms with Gasteiger partial charge in [-0.25, -0.2) is 14.4 Å². The van der Waals surface area contributed by atoms with Gasteiger partial charge in [0, 0.05) is 5.38 Å². The molecule has 0 spiro atoms. The van der Waals surface area contributed by atoms with Crippen molar-refractivity contribution >= 4 is 28.2 Å². The molecular formula is C10H9FN4OS. The van der Waals surface area contributed by atoms with Crippen LogP contribution >= 0.6 is 11.3 Å². The minimum Gasteiger partial charge on any atom is -0.383 e. The number of hydrogen-bond donors (Lipinski definition) is 2. The summed E-state index contributed by atoms with van der Waals surface area (Å²) < 4.78 is 12.9. The van der Waals surface area contributed by atoms with Crippen molar-refractivity contribution in [1.29, 1.82) is 0 Å². The lowest BCUT2D eigenvalue weighted by Crippen LogP contribution is -2.15. The molecule has 0 aliphatic heterocycles. The molecule has 0 aliphatic rings. The Labute approximate surface area is 101 Å². The molecule has 7 heteroatoms. The second-order valence-electron chi connectivity index (χ2n) is 3.33. The quantitative estimate of drug-likeness (QED) is 0.854. The van der Waals surface area contributed by atoms with Gasteiger partial charge in [-0.3, -0.25) is 10.1 Å². The van der Waals surface area contributed by atoms with Crippen molar-refractivity contribution in [2.45, 2.75) is 6.92 Å². The monoisotopic (exact) mass is 252 g/mol. The third-order valence-corrected chi connectivity index (χ3v) is 2.84. The maximum absolute atomic E-state index is 12.9. The van der Waals surface area contributed by atoms with E-state index in [1.54, 1.807) is 5.38 Å². The topological polar surface area (TPSA) is 80.9 Å². The molecular weight excluding hydrogens is 243 g/mol. The average molecular weight is 252 g/mol. The van der Waals surface area contributed by atoms with Gasteiger partial charge in [-0.2, -0.15) is 0 Å². The van der Waals surface area contributed by atoms with Gasteiger partial charge in [0.15, 0.2) is 5.13 Å². The van der Waals surface area contributed by atoms with Crippen molar-refractivity contribution in [3.8, 4) is 0 Å². The molecule has 1 amide bonds. The van der Waals surface area contributed by atoms with Crippen LogP contribution < -0.4 is 11.1 Å². The van der Waals surface area contributed by atoms with E-state index in [0.717, 1.165) is 18.0 Å². The number of nitrogens with one attached hydrogen (secondary N) is 1. The van der Waals surface area contributed by atoms with Crippen molar-refractivity contribution in [2.75, 3.05) is 11.1 Å². The van der Waals surface area contributed by atoms with Gasteiger partial charge in [-0.15, -0.1) is 11.3 Å². The molecule has 0 saturated carbocycles. The van der Waals surface area contributed by atoms with Crippen molar-refractivity contribution in [3.05, 3.63) is 34.7 Å². The molecule has 88 valence electrons. The van der Waals surface area contributed by atoms with E-state index in [0.29, 0.717) is 5.13 Å². The van der Waals surface area contributed by atoms with Gasteiger partial charge in [0.2, 0.25) is 0 Å². The number of carbonyl (C=O) groups excluding carboxylic acids is 1. The molecule has 0 atom stereocenters. The SMILES string of the molecule is Cc1csc(NC(=O)c2cc(F)cnc2N)n1. The number of rotatable bonds is 2. The lowest BCUT2D eigenvalue weighted by molar-refractivity contribution is 0.102. The first-order valence-corrected chi connectivity index (χ1v) is 5.58. The summed E-state index contributed by atoms with van der Waals surface area (Å²) in [5, 5.41) is 4.76. The van der Waals surface area contributed by atoms with Gasteiger partial charge in [-0.1, -0.05) is 0 Å². The highest BCUT2D eigenvalue weighted by Crippen LogP contribution is 2.17. The predicted octanol–water partition coefficient (Wildman–Crippen LogP) is 1.82. The van der Waals surface area contributed by atoms with Crippen LogP contribution in [-0.4, -0.2) is 15.9 Å². The zero-order chi connectivity index (χ0) is 12.4.